The number of benzene rings is 6. The Morgan fingerprint density at radius 2 is 0.772 bits per heavy atom. The first-order valence-electron chi connectivity index (χ1n) is 35.8. The highest BCUT2D eigenvalue weighted by molar-refractivity contribution is 5.80. The molecule has 6 aromatic carbocycles. The molecule has 3 atom stereocenters. The number of hydrogen-bond acceptors (Lipinski definition) is 0. The predicted octanol–water partition coefficient (Wildman–Crippen LogP) is 23.0. The summed E-state index contributed by atoms with van der Waals surface area (Å²) < 4.78 is 0. The lowest BCUT2D eigenvalue weighted by atomic mass is 9.78. The van der Waals surface area contributed by atoms with Gasteiger partial charge in [0.05, 0.1) is 0 Å². The summed E-state index contributed by atoms with van der Waals surface area (Å²) in [6.45, 7) is 0. The standard InChI is InChI=1S/C32H34.C32H28.C28H30/c2*1-2-6-23(7-3-1)20-24-12-14-25(15-13-24)21-28-18-19-31(32-11-5-10-30(28)32)29-17-16-26-8-4-9-27(26)22-29;1-3-8-22(9-4-1)23-16-14-21(15-17-23)20-25-18-19-27(24-10-5-2-6-11-24)28-13-7-12-26(25)28/h5,10-19,22-23,32H,1-4,6-9,20-21H2;1-3,5-7,10-19,22,32H,4,8-9,20-21H2;5,7,10-19,22,28H,1-4,6,8-9,20H2. The molecule has 0 saturated heterocycles. The molecule has 0 N–H and O–H groups in total. The fourth-order valence-electron chi connectivity index (χ4n) is 17.1. The normalized spacial score (nSPS) is 21.6. The van der Waals surface area contributed by atoms with E-state index >= 15 is 0 Å². The van der Waals surface area contributed by atoms with Crippen LogP contribution in [-0.4, -0.2) is 0 Å². The first-order valence-corrected chi connectivity index (χ1v) is 35.8. The van der Waals surface area contributed by atoms with Crippen molar-refractivity contribution in [3.05, 3.63) is 366 Å². The Hall–Kier alpha value is -8.32. The molecule has 0 radical (unpaired) electrons. The summed E-state index contributed by atoms with van der Waals surface area (Å²) in [7, 11) is 0. The summed E-state index contributed by atoms with van der Waals surface area (Å²) >= 11 is 0. The van der Waals surface area contributed by atoms with Gasteiger partial charge in [0.15, 0.2) is 0 Å². The van der Waals surface area contributed by atoms with Gasteiger partial charge in [0.25, 0.3) is 0 Å². The summed E-state index contributed by atoms with van der Waals surface area (Å²) in [5.41, 5.74) is 33.8. The zero-order valence-corrected chi connectivity index (χ0v) is 54.3. The number of hydrogen-bond donors (Lipinski definition) is 0. The third-order valence-electron chi connectivity index (χ3n) is 22.2. The second-order valence-electron chi connectivity index (χ2n) is 28.3. The molecular weight excluding hydrogens is 1110 g/mol. The SMILES string of the molecule is C1=CC2C(=C1)C(Cc1ccc(CC3CCCCC3)cc1)=CC=C2c1ccc2c(c1)CCC2.C1=CC2C(=C1)C(Cc1ccc(Cc3ccccc3)cc1)=CC=C2c1ccc2c(c1)CCC2.C1=CC2C(C3=CCCC=C3)=CC=C(Cc3ccc(C4CCCCC4)cc3)C2=C1. The van der Waals surface area contributed by atoms with Gasteiger partial charge in [0, 0.05) is 17.8 Å². The minimum absolute atomic E-state index is 0.395. The van der Waals surface area contributed by atoms with E-state index in [4.69, 9.17) is 0 Å². The molecule has 2 saturated carbocycles. The molecule has 0 aromatic heterocycles. The number of allylic oxidation sites excluding steroid dienone is 28. The minimum Gasteiger partial charge on any atom is -0.0836 e. The van der Waals surface area contributed by atoms with Gasteiger partial charge in [-0.1, -0.05) is 300 Å². The van der Waals surface area contributed by atoms with Crippen molar-refractivity contribution >= 4 is 11.1 Å². The Morgan fingerprint density at radius 3 is 1.28 bits per heavy atom. The van der Waals surface area contributed by atoms with Crippen LogP contribution >= 0.6 is 0 Å². The van der Waals surface area contributed by atoms with Gasteiger partial charge in [-0.25, -0.2) is 0 Å². The van der Waals surface area contributed by atoms with Crippen molar-refractivity contribution in [2.45, 2.75) is 154 Å². The summed E-state index contributed by atoms with van der Waals surface area (Å²) in [5.74, 6) is 2.96. The van der Waals surface area contributed by atoms with Gasteiger partial charge in [-0.2, -0.15) is 0 Å². The van der Waals surface area contributed by atoms with E-state index in [1.807, 2.05) is 0 Å². The molecule has 0 heteroatoms. The van der Waals surface area contributed by atoms with Crippen LogP contribution in [0.25, 0.3) is 11.1 Å². The van der Waals surface area contributed by atoms with E-state index in [1.165, 1.54) is 222 Å². The van der Waals surface area contributed by atoms with E-state index in [1.54, 1.807) is 27.8 Å². The Balaban J connectivity index is 0.000000115. The Kier molecular flexibility index (Phi) is 18.4. The predicted molar refractivity (Wildman–Crippen MR) is 390 cm³/mol. The number of fused-ring (bicyclic) bond motifs is 5. The number of rotatable bonds is 14. The smallest absolute Gasteiger partial charge is 0.0281 e. The summed E-state index contributed by atoms with van der Waals surface area (Å²) in [6.07, 6.45) is 71.5. The first kappa shape index (κ1) is 60.0. The van der Waals surface area contributed by atoms with E-state index < -0.39 is 0 Å². The van der Waals surface area contributed by atoms with Gasteiger partial charge < -0.3 is 0 Å². The van der Waals surface area contributed by atoms with Crippen molar-refractivity contribution in [3.63, 3.8) is 0 Å². The molecule has 11 aliphatic rings. The lowest BCUT2D eigenvalue weighted by Crippen LogP contribution is -2.12. The lowest BCUT2D eigenvalue weighted by Gasteiger charge is -2.26. The molecule has 460 valence electrons. The zero-order valence-electron chi connectivity index (χ0n) is 54.3. The average Bonchev–Trinajstić information content (AvgIpc) is 1.71. The zero-order chi connectivity index (χ0) is 61.4. The minimum atomic E-state index is 0.395. The third-order valence-corrected chi connectivity index (χ3v) is 22.2. The van der Waals surface area contributed by atoms with Gasteiger partial charge >= 0.3 is 0 Å². The van der Waals surface area contributed by atoms with Crippen molar-refractivity contribution in [1.29, 1.82) is 0 Å². The molecule has 0 nitrogen and oxygen atoms in total. The van der Waals surface area contributed by atoms with E-state index in [-0.39, 0.29) is 0 Å². The summed E-state index contributed by atoms with van der Waals surface area (Å²) in [6, 6.07) is 53.3. The van der Waals surface area contributed by atoms with Crippen molar-refractivity contribution < 1.29 is 0 Å². The molecule has 92 heavy (non-hydrogen) atoms. The second kappa shape index (κ2) is 28.3. The average molecular weight is 1200 g/mol. The van der Waals surface area contributed by atoms with Crippen LogP contribution in [0.4, 0.5) is 0 Å². The van der Waals surface area contributed by atoms with Crippen molar-refractivity contribution in [1.82, 2.24) is 0 Å². The highest BCUT2D eigenvalue weighted by atomic mass is 14.3. The maximum Gasteiger partial charge on any atom is 0.0281 e. The third kappa shape index (κ3) is 13.7. The van der Waals surface area contributed by atoms with Crippen LogP contribution in [0.3, 0.4) is 0 Å². The van der Waals surface area contributed by atoms with E-state index in [9.17, 15) is 0 Å². The van der Waals surface area contributed by atoms with Gasteiger partial charge in [-0.15, -0.1) is 0 Å². The molecule has 2 fully saturated rings. The van der Waals surface area contributed by atoms with E-state index in [0.717, 1.165) is 37.5 Å². The molecule has 0 aliphatic heterocycles. The highest BCUT2D eigenvalue weighted by Gasteiger charge is 2.30. The monoisotopic (exact) mass is 1200 g/mol. The first-order chi connectivity index (χ1) is 45.5. The Bertz CT molecular complexity index is 4140. The van der Waals surface area contributed by atoms with Gasteiger partial charge in [-0.3, -0.25) is 0 Å². The van der Waals surface area contributed by atoms with Crippen LogP contribution in [0.2, 0.25) is 0 Å². The van der Waals surface area contributed by atoms with E-state index in [0.29, 0.717) is 17.8 Å². The van der Waals surface area contributed by atoms with Crippen LogP contribution in [0.1, 0.15) is 168 Å². The molecular formula is C92H92. The topological polar surface area (TPSA) is 0 Å². The van der Waals surface area contributed by atoms with E-state index in [2.05, 4.69) is 249 Å². The number of aryl methyl sites for hydroxylation is 4. The van der Waals surface area contributed by atoms with Gasteiger partial charge in [-0.05, 0) is 236 Å². The molecule has 17 rings (SSSR count). The highest BCUT2D eigenvalue weighted by Crippen LogP contribution is 2.46. The fraction of sp³-hybridized carbons (Fsp3) is 0.304. The van der Waals surface area contributed by atoms with Gasteiger partial charge in [0.1, 0.15) is 0 Å². The van der Waals surface area contributed by atoms with Crippen molar-refractivity contribution in [2.24, 2.45) is 23.7 Å². The molecule has 11 aliphatic carbocycles. The summed E-state index contributed by atoms with van der Waals surface area (Å²) in [5, 5.41) is 0. The Labute approximate surface area is 550 Å². The van der Waals surface area contributed by atoms with Crippen LogP contribution in [0, 0.1) is 23.7 Å². The van der Waals surface area contributed by atoms with Crippen LogP contribution in [0.15, 0.2) is 293 Å². The lowest BCUT2D eigenvalue weighted by molar-refractivity contribution is 0.356. The fourth-order valence-corrected chi connectivity index (χ4v) is 17.1. The van der Waals surface area contributed by atoms with Crippen molar-refractivity contribution in [2.75, 3.05) is 0 Å². The molecule has 0 bridgehead atoms. The maximum absolute atomic E-state index is 2.46. The Morgan fingerprint density at radius 1 is 0.326 bits per heavy atom. The van der Waals surface area contributed by atoms with Crippen LogP contribution in [0.5, 0.6) is 0 Å². The molecule has 0 spiro atoms. The maximum atomic E-state index is 2.46. The summed E-state index contributed by atoms with van der Waals surface area (Å²) in [4.78, 5) is 0. The molecule has 3 unspecified atom stereocenters. The molecule has 6 aromatic rings. The molecule has 0 heterocycles. The molecule has 0 amide bonds. The second-order valence-corrected chi connectivity index (χ2v) is 28.3. The van der Waals surface area contributed by atoms with Crippen molar-refractivity contribution in [3.8, 4) is 0 Å². The van der Waals surface area contributed by atoms with Gasteiger partial charge in [0.2, 0.25) is 0 Å². The van der Waals surface area contributed by atoms with Crippen LogP contribution < -0.4 is 0 Å². The quantitative estimate of drug-likeness (QED) is 0.102. The largest absolute Gasteiger partial charge is 0.0836 e. The van der Waals surface area contributed by atoms with Crippen LogP contribution in [-0.2, 0) is 57.8 Å².